The van der Waals surface area contributed by atoms with Gasteiger partial charge in [0.15, 0.2) is 11.5 Å². The molecule has 1 heterocycles. The molecule has 1 aromatic rings. The molecule has 1 aliphatic rings. The Balaban J connectivity index is 2.34. The summed E-state index contributed by atoms with van der Waals surface area (Å²) >= 11 is 0. The molecule has 0 aliphatic carbocycles. The zero-order chi connectivity index (χ0) is 18.4. The zero-order valence-electron chi connectivity index (χ0n) is 15.8. The van der Waals surface area contributed by atoms with E-state index >= 15 is 0 Å². The number of rotatable bonds is 7. The number of hydrogen-bond donors (Lipinski definition) is 1. The first kappa shape index (κ1) is 19.3. The molecule has 2 N–H and O–H groups in total. The SMILES string of the molecule is C=Nc1cc(OC)c(OC)cc1/C(=C\C)N1CCN(CCN)[C@H](C)C1. The molecule has 1 atom stereocenters. The summed E-state index contributed by atoms with van der Waals surface area (Å²) in [5, 5.41) is 0. The highest BCUT2D eigenvalue weighted by Crippen LogP contribution is 2.39. The molecule has 0 unspecified atom stereocenters. The number of benzene rings is 1. The highest BCUT2D eigenvalue weighted by molar-refractivity contribution is 5.77. The minimum absolute atomic E-state index is 0.451. The second kappa shape index (κ2) is 8.87. The van der Waals surface area contributed by atoms with Crippen molar-refractivity contribution in [3.05, 3.63) is 23.8 Å². The third kappa shape index (κ3) is 4.14. The highest BCUT2D eigenvalue weighted by Gasteiger charge is 2.26. The van der Waals surface area contributed by atoms with Crippen LogP contribution in [0.1, 0.15) is 19.4 Å². The van der Waals surface area contributed by atoms with E-state index in [0.29, 0.717) is 24.1 Å². The summed E-state index contributed by atoms with van der Waals surface area (Å²) in [6.07, 6.45) is 2.13. The molecule has 6 nitrogen and oxygen atoms in total. The van der Waals surface area contributed by atoms with Gasteiger partial charge in [0.2, 0.25) is 0 Å². The maximum atomic E-state index is 5.72. The van der Waals surface area contributed by atoms with Gasteiger partial charge >= 0.3 is 0 Å². The van der Waals surface area contributed by atoms with Crippen LogP contribution in [0.15, 0.2) is 23.2 Å². The van der Waals surface area contributed by atoms with E-state index in [1.807, 2.05) is 12.1 Å². The number of methoxy groups -OCH3 is 2. The minimum atomic E-state index is 0.451. The van der Waals surface area contributed by atoms with Crippen molar-refractivity contribution >= 4 is 18.1 Å². The van der Waals surface area contributed by atoms with Crippen LogP contribution in [0.5, 0.6) is 11.5 Å². The molecule has 138 valence electrons. The predicted molar refractivity (Wildman–Crippen MR) is 104 cm³/mol. The van der Waals surface area contributed by atoms with Crippen LogP contribution in [0.2, 0.25) is 0 Å². The Morgan fingerprint density at radius 3 is 2.52 bits per heavy atom. The Hall–Kier alpha value is -2.05. The Labute approximate surface area is 150 Å². The maximum Gasteiger partial charge on any atom is 0.162 e. The lowest BCUT2D eigenvalue weighted by Crippen LogP contribution is -2.52. The summed E-state index contributed by atoms with van der Waals surface area (Å²) in [5.74, 6) is 1.35. The molecular formula is C19H30N4O2. The summed E-state index contributed by atoms with van der Waals surface area (Å²) in [6.45, 7) is 12.6. The van der Waals surface area contributed by atoms with Crippen LogP contribution in [0.3, 0.4) is 0 Å². The van der Waals surface area contributed by atoms with E-state index in [-0.39, 0.29) is 0 Å². The molecule has 0 saturated carbocycles. The smallest absolute Gasteiger partial charge is 0.162 e. The fourth-order valence-corrected chi connectivity index (χ4v) is 3.42. The van der Waals surface area contributed by atoms with E-state index in [0.717, 1.165) is 43.1 Å². The fourth-order valence-electron chi connectivity index (χ4n) is 3.42. The Morgan fingerprint density at radius 2 is 2.00 bits per heavy atom. The van der Waals surface area contributed by atoms with Crippen molar-refractivity contribution < 1.29 is 9.47 Å². The molecule has 0 bridgehead atoms. The second-order valence-electron chi connectivity index (χ2n) is 6.18. The molecule has 1 aliphatic heterocycles. The lowest BCUT2D eigenvalue weighted by atomic mass is 10.0. The summed E-state index contributed by atoms with van der Waals surface area (Å²) in [6, 6.07) is 4.31. The van der Waals surface area contributed by atoms with Gasteiger partial charge in [-0.1, -0.05) is 6.08 Å². The summed E-state index contributed by atoms with van der Waals surface area (Å²) < 4.78 is 10.9. The van der Waals surface area contributed by atoms with Crippen molar-refractivity contribution in [1.82, 2.24) is 9.80 Å². The van der Waals surface area contributed by atoms with E-state index < -0.39 is 0 Å². The van der Waals surface area contributed by atoms with Crippen molar-refractivity contribution in [2.24, 2.45) is 10.7 Å². The molecular weight excluding hydrogens is 316 g/mol. The van der Waals surface area contributed by atoms with Crippen molar-refractivity contribution in [2.75, 3.05) is 46.9 Å². The number of aliphatic imine (C=N–C) groups is 1. The minimum Gasteiger partial charge on any atom is -0.493 e. The number of nitrogens with two attached hydrogens (primary N) is 1. The van der Waals surface area contributed by atoms with Gasteiger partial charge in [0.05, 0.1) is 19.9 Å². The summed E-state index contributed by atoms with van der Waals surface area (Å²) in [7, 11) is 3.27. The van der Waals surface area contributed by atoms with Crippen LogP contribution in [0, 0.1) is 0 Å². The Morgan fingerprint density at radius 1 is 1.32 bits per heavy atom. The third-order valence-corrected chi connectivity index (χ3v) is 4.74. The van der Waals surface area contributed by atoms with Crippen molar-refractivity contribution in [3.8, 4) is 11.5 Å². The van der Waals surface area contributed by atoms with Gasteiger partial charge in [-0.05, 0) is 26.6 Å². The average molecular weight is 346 g/mol. The number of allylic oxidation sites excluding steroid dienone is 1. The molecule has 1 saturated heterocycles. The number of nitrogens with zero attached hydrogens (tertiary/aromatic N) is 3. The van der Waals surface area contributed by atoms with Crippen LogP contribution >= 0.6 is 0 Å². The lowest BCUT2D eigenvalue weighted by molar-refractivity contribution is 0.121. The second-order valence-corrected chi connectivity index (χ2v) is 6.18. The number of ether oxygens (including phenoxy) is 2. The van der Waals surface area contributed by atoms with Gasteiger partial charge in [0.25, 0.3) is 0 Å². The van der Waals surface area contributed by atoms with Crippen LogP contribution in [-0.2, 0) is 0 Å². The van der Waals surface area contributed by atoms with Gasteiger partial charge in [-0.3, -0.25) is 9.89 Å². The highest BCUT2D eigenvalue weighted by atomic mass is 16.5. The van der Waals surface area contributed by atoms with Gasteiger partial charge in [-0.25, -0.2) is 0 Å². The summed E-state index contributed by atoms with van der Waals surface area (Å²) in [5.41, 5.74) is 8.66. The van der Waals surface area contributed by atoms with Crippen molar-refractivity contribution in [3.63, 3.8) is 0 Å². The monoisotopic (exact) mass is 346 g/mol. The largest absolute Gasteiger partial charge is 0.493 e. The molecule has 1 fully saturated rings. The molecule has 0 radical (unpaired) electrons. The molecule has 0 aromatic heterocycles. The first-order chi connectivity index (χ1) is 12.1. The van der Waals surface area contributed by atoms with Gasteiger partial charge in [0, 0.05) is 56.1 Å². The molecule has 6 heteroatoms. The van der Waals surface area contributed by atoms with Gasteiger partial charge < -0.3 is 20.1 Å². The third-order valence-electron chi connectivity index (χ3n) is 4.74. The normalized spacial score (nSPS) is 19.0. The first-order valence-electron chi connectivity index (χ1n) is 8.68. The van der Waals surface area contributed by atoms with Crippen molar-refractivity contribution in [1.29, 1.82) is 0 Å². The topological polar surface area (TPSA) is 63.3 Å². The lowest BCUT2D eigenvalue weighted by Gasteiger charge is -2.42. The molecule has 25 heavy (non-hydrogen) atoms. The van der Waals surface area contributed by atoms with Crippen LogP contribution in [-0.4, -0.2) is 69.5 Å². The van der Waals surface area contributed by atoms with Crippen LogP contribution < -0.4 is 15.2 Å². The van der Waals surface area contributed by atoms with Gasteiger partial charge in [-0.2, -0.15) is 0 Å². The van der Waals surface area contributed by atoms with Crippen LogP contribution in [0.25, 0.3) is 5.70 Å². The van der Waals surface area contributed by atoms with E-state index in [1.165, 1.54) is 0 Å². The average Bonchev–Trinajstić information content (AvgIpc) is 2.64. The Bertz CT molecular complexity index is 630. The van der Waals surface area contributed by atoms with Gasteiger partial charge in [0.1, 0.15) is 0 Å². The number of hydrogen-bond acceptors (Lipinski definition) is 6. The zero-order valence-corrected chi connectivity index (χ0v) is 15.8. The first-order valence-corrected chi connectivity index (χ1v) is 8.68. The molecule has 1 aromatic carbocycles. The van der Waals surface area contributed by atoms with E-state index in [9.17, 15) is 0 Å². The van der Waals surface area contributed by atoms with Gasteiger partial charge in [-0.15, -0.1) is 0 Å². The number of piperazine rings is 1. The standard InChI is InChI=1S/C19H30N4O2/c1-6-17(23-10-9-22(8-7-20)14(2)13-23)15-11-18(24-4)19(25-5)12-16(15)21-3/h6,11-12,14H,3,7-10,13,20H2,1-2,4-5H3/b17-6+/t14-/m1/s1. The maximum absolute atomic E-state index is 5.72. The van der Waals surface area contributed by atoms with Crippen molar-refractivity contribution in [2.45, 2.75) is 19.9 Å². The quantitative estimate of drug-likeness (QED) is 0.768. The summed E-state index contributed by atoms with van der Waals surface area (Å²) in [4.78, 5) is 9.03. The Kier molecular flexibility index (Phi) is 6.84. The predicted octanol–water partition coefficient (Wildman–Crippen LogP) is 2.36. The van der Waals surface area contributed by atoms with E-state index in [2.05, 4.69) is 41.4 Å². The molecule has 0 spiro atoms. The molecule has 0 amide bonds. The fraction of sp³-hybridized carbons (Fsp3) is 0.526. The van der Waals surface area contributed by atoms with Crippen LogP contribution in [0.4, 0.5) is 5.69 Å². The van der Waals surface area contributed by atoms with E-state index in [1.54, 1.807) is 14.2 Å². The molecule has 2 rings (SSSR count). The van der Waals surface area contributed by atoms with E-state index in [4.69, 9.17) is 15.2 Å².